The molecule has 3 heteroatoms. The Hall–Kier alpha value is 0.270. The van der Waals surface area contributed by atoms with E-state index in [2.05, 4.69) is 30.9 Å². The molecule has 16 heavy (non-hydrogen) atoms. The number of hydrogen-bond donors (Lipinski definition) is 1. The number of thioether (sulfide) groups is 1. The number of nitrogens with one attached hydrogen (secondary N) is 1. The maximum absolute atomic E-state index is 5.24. The molecule has 0 saturated heterocycles. The molecule has 1 saturated carbocycles. The minimum Gasteiger partial charge on any atom is -0.383 e. The van der Waals surface area contributed by atoms with Gasteiger partial charge >= 0.3 is 0 Å². The fourth-order valence-corrected chi connectivity index (χ4v) is 3.67. The summed E-state index contributed by atoms with van der Waals surface area (Å²) in [7, 11) is 1.79. The van der Waals surface area contributed by atoms with Crippen molar-refractivity contribution in [3.05, 3.63) is 0 Å². The monoisotopic (exact) mass is 245 g/mol. The van der Waals surface area contributed by atoms with Gasteiger partial charge in [-0.15, -0.1) is 0 Å². The van der Waals surface area contributed by atoms with Gasteiger partial charge in [0.05, 0.1) is 6.61 Å². The molecule has 0 aliphatic heterocycles. The third-order valence-corrected chi connectivity index (χ3v) is 4.59. The Labute approximate surface area is 105 Å². The minimum atomic E-state index is 0.542. The van der Waals surface area contributed by atoms with E-state index in [1.165, 1.54) is 31.4 Å². The first-order valence-corrected chi connectivity index (χ1v) is 7.71. The quantitative estimate of drug-likeness (QED) is 0.745. The van der Waals surface area contributed by atoms with Crippen molar-refractivity contribution in [2.45, 2.75) is 63.3 Å². The number of ether oxygens (including phenoxy) is 1. The molecule has 2 nitrogen and oxygen atoms in total. The Morgan fingerprint density at radius 2 is 2.19 bits per heavy atom. The summed E-state index contributed by atoms with van der Waals surface area (Å²) in [4.78, 5) is 0. The highest BCUT2D eigenvalue weighted by Gasteiger charge is 2.23. The molecule has 1 aliphatic rings. The summed E-state index contributed by atoms with van der Waals surface area (Å²) in [6.07, 6.45) is 6.66. The summed E-state index contributed by atoms with van der Waals surface area (Å²) in [6.45, 7) is 5.35. The zero-order valence-corrected chi connectivity index (χ0v) is 11.8. The van der Waals surface area contributed by atoms with E-state index in [4.69, 9.17) is 4.74 Å². The fraction of sp³-hybridized carbons (Fsp3) is 1.00. The normalized spacial score (nSPS) is 27.9. The van der Waals surface area contributed by atoms with Crippen molar-refractivity contribution in [1.82, 2.24) is 5.32 Å². The van der Waals surface area contributed by atoms with Crippen molar-refractivity contribution >= 4 is 11.8 Å². The molecule has 0 aromatic carbocycles. The van der Waals surface area contributed by atoms with Gasteiger partial charge in [0.15, 0.2) is 0 Å². The molecule has 3 unspecified atom stereocenters. The zero-order chi connectivity index (χ0) is 11.8. The highest BCUT2D eigenvalue weighted by Crippen LogP contribution is 2.28. The van der Waals surface area contributed by atoms with E-state index >= 15 is 0 Å². The summed E-state index contributed by atoms with van der Waals surface area (Å²) < 4.78 is 5.24. The van der Waals surface area contributed by atoms with Gasteiger partial charge in [-0.25, -0.2) is 0 Å². The molecular weight excluding hydrogens is 218 g/mol. The summed E-state index contributed by atoms with van der Waals surface area (Å²) >= 11 is 2.13. The van der Waals surface area contributed by atoms with E-state index in [0.29, 0.717) is 6.04 Å². The van der Waals surface area contributed by atoms with E-state index in [1.54, 1.807) is 7.11 Å². The molecule has 96 valence electrons. The standard InChI is InChI=1S/C13H27NOS/c1-4-11(10-15-3)14-12-7-6-8-13(9-12)16-5-2/h11-14H,4-10H2,1-3H3. The third kappa shape index (κ3) is 5.07. The molecule has 0 spiro atoms. The van der Waals surface area contributed by atoms with Gasteiger partial charge in [0.1, 0.15) is 0 Å². The second-order valence-electron chi connectivity index (χ2n) is 4.67. The van der Waals surface area contributed by atoms with Crippen LogP contribution >= 0.6 is 11.8 Å². The number of hydrogen-bond acceptors (Lipinski definition) is 3. The molecular formula is C13H27NOS. The summed E-state index contributed by atoms with van der Waals surface area (Å²) in [5.41, 5.74) is 0. The van der Waals surface area contributed by atoms with Crippen molar-refractivity contribution in [2.75, 3.05) is 19.5 Å². The fourth-order valence-electron chi connectivity index (χ4n) is 2.50. The first-order valence-electron chi connectivity index (χ1n) is 6.66. The lowest BCUT2D eigenvalue weighted by Crippen LogP contribution is -2.43. The molecule has 0 aromatic heterocycles. The summed E-state index contributed by atoms with van der Waals surface area (Å²) in [6, 6.07) is 1.26. The van der Waals surface area contributed by atoms with Crippen LogP contribution in [0.15, 0.2) is 0 Å². The van der Waals surface area contributed by atoms with Crippen LogP contribution in [0, 0.1) is 0 Å². The maximum atomic E-state index is 5.24. The van der Waals surface area contributed by atoms with Crippen LogP contribution in [-0.4, -0.2) is 36.8 Å². The lowest BCUT2D eigenvalue weighted by atomic mass is 9.94. The van der Waals surface area contributed by atoms with E-state index in [-0.39, 0.29) is 0 Å². The smallest absolute Gasteiger partial charge is 0.0615 e. The van der Waals surface area contributed by atoms with Crippen LogP contribution in [0.2, 0.25) is 0 Å². The lowest BCUT2D eigenvalue weighted by molar-refractivity contribution is 0.154. The molecule has 1 rings (SSSR count). The molecule has 1 aliphatic carbocycles. The Bertz CT molecular complexity index is 175. The second-order valence-corrected chi connectivity index (χ2v) is 6.25. The molecule has 1 fully saturated rings. The zero-order valence-electron chi connectivity index (χ0n) is 11.0. The van der Waals surface area contributed by atoms with E-state index < -0.39 is 0 Å². The minimum absolute atomic E-state index is 0.542. The van der Waals surface area contributed by atoms with Gasteiger partial charge < -0.3 is 10.1 Å². The predicted octanol–water partition coefficient (Wildman–Crippen LogP) is 3.07. The van der Waals surface area contributed by atoms with Crippen molar-refractivity contribution in [3.8, 4) is 0 Å². The van der Waals surface area contributed by atoms with Crippen molar-refractivity contribution in [2.24, 2.45) is 0 Å². The average Bonchev–Trinajstić information content (AvgIpc) is 2.29. The predicted molar refractivity (Wildman–Crippen MR) is 73.3 cm³/mol. The number of rotatable bonds is 7. The Balaban J connectivity index is 2.29. The van der Waals surface area contributed by atoms with Gasteiger partial charge in [0.25, 0.3) is 0 Å². The SMILES string of the molecule is CCSC1CCCC(NC(CC)COC)C1. The lowest BCUT2D eigenvalue weighted by Gasteiger charge is -2.32. The van der Waals surface area contributed by atoms with E-state index in [0.717, 1.165) is 24.3 Å². The van der Waals surface area contributed by atoms with Crippen LogP contribution in [0.4, 0.5) is 0 Å². The highest BCUT2D eigenvalue weighted by atomic mass is 32.2. The molecule has 0 heterocycles. The number of methoxy groups -OCH3 is 1. The van der Waals surface area contributed by atoms with Crippen molar-refractivity contribution in [1.29, 1.82) is 0 Å². The molecule has 0 radical (unpaired) electrons. The average molecular weight is 245 g/mol. The first kappa shape index (κ1) is 14.3. The molecule has 3 atom stereocenters. The largest absolute Gasteiger partial charge is 0.383 e. The topological polar surface area (TPSA) is 21.3 Å². The van der Waals surface area contributed by atoms with Crippen LogP contribution in [0.5, 0.6) is 0 Å². The van der Waals surface area contributed by atoms with Gasteiger partial charge in [-0.1, -0.05) is 20.3 Å². The Morgan fingerprint density at radius 3 is 2.81 bits per heavy atom. The summed E-state index contributed by atoms with van der Waals surface area (Å²) in [5.74, 6) is 1.26. The molecule has 0 amide bonds. The Morgan fingerprint density at radius 1 is 1.38 bits per heavy atom. The van der Waals surface area contributed by atoms with Gasteiger partial charge in [-0.3, -0.25) is 0 Å². The Kier molecular flexibility index (Phi) is 7.50. The highest BCUT2D eigenvalue weighted by molar-refractivity contribution is 7.99. The van der Waals surface area contributed by atoms with Crippen molar-refractivity contribution < 1.29 is 4.74 Å². The second kappa shape index (κ2) is 8.37. The van der Waals surface area contributed by atoms with Gasteiger partial charge in [-0.2, -0.15) is 11.8 Å². The molecule has 0 bridgehead atoms. The molecule has 0 aromatic rings. The van der Waals surface area contributed by atoms with Crippen molar-refractivity contribution in [3.63, 3.8) is 0 Å². The van der Waals surface area contributed by atoms with Crippen LogP contribution in [0.1, 0.15) is 46.0 Å². The maximum Gasteiger partial charge on any atom is 0.0615 e. The van der Waals surface area contributed by atoms with Crippen LogP contribution < -0.4 is 5.32 Å². The first-order chi connectivity index (χ1) is 7.80. The molecule has 1 N–H and O–H groups in total. The van der Waals surface area contributed by atoms with Gasteiger partial charge in [0.2, 0.25) is 0 Å². The van der Waals surface area contributed by atoms with Gasteiger partial charge in [0, 0.05) is 24.4 Å². The van der Waals surface area contributed by atoms with Crippen LogP contribution in [-0.2, 0) is 4.74 Å². The van der Waals surface area contributed by atoms with Gasteiger partial charge in [-0.05, 0) is 31.4 Å². The summed E-state index contributed by atoms with van der Waals surface area (Å²) in [5, 5.41) is 4.64. The van der Waals surface area contributed by atoms with E-state index in [1.807, 2.05) is 0 Å². The van der Waals surface area contributed by atoms with Crippen LogP contribution in [0.3, 0.4) is 0 Å². The third-order valence-electron chi connectivity index (χ3n) is 3.36. The van der Waals surface area contributed by atoms with Crippen LogP contribution in [0.25, 0.3) is 0 Å². The van der Waals surface area contributed by atoms with E-state index in [9.17, 15) is 0 Å².